The van der Waals surface area contributed by atoms with Crippen LogP contribution in [0.2, 0.25) is 0 Å². The van der Waals surface area contributed by atoms with Gasteiger partial charge in [-0.3, -0.25) is 14.4 Å². The van der Waals surface area contributed by atoms with E-state index in [-0.39, 0.29) is 42.3 Å². The molecule has 0 N–H and O–H groups in total. The summed E-state index contributed by atoms with van der Waals surface area (Å²) in [4.78, 5) is 59.8. The van der Waals surface area contributed by atoms with E-state index in [0.717, 1.165) is 12.1 Å². The lowest BCUT2D eigenvalue weighted by molar-refractivity contribution is -0.140. The van der Waals surface area contributed by atoms with E-state index in [2.05, 4.69) is 38.4 Å². The van der Waals surface area contributed by atoms with Crippen molar-refractivity contribution >= 4 is 62.2 Å². The molecule has 0 saturated carbocycles. The summed E-state index contributed by atoms with van der Waals surface area (Å²) in [6.07, 6.45) is 0. The number of halogens is 2. The normalized spacial score (nSPS) is 11.1. The molecular formula is C22H24Br2O10. The number of benzene rings is 1. The van der Waals surface area contributed by atoms with Gasteiger partial charge in [-0.05, 0) is 46.8 Å². The van der Waals surface area contributed by atoms with Crippen LogP contribution in [0.15, 0.2) is 24.3 Å². The molecular weight excluding hydrogens is 584 g/mol. The van der Waals surface area contributed by atoms with Gasteiger partial charge in [-0.25, -0.2) is 9.59 Å². The Morgan fingerprint density at radius 3 is 1.91 bits per heavy atom. The lowest BCUT2D eigenvalue weighted by atomic mass is 10.1. The highest BCUT2D eigenvalue weighted by Crippen LogP contribution is 2.41. The Morgan fingerprint density at radius 2 is 1.41 bits per heavy atom. The van der Waals surface area contributed by atoms with Crippen molar-refractivity contribution in [3.63, 3.8) is 0 Å². The van der Waals surface area contributed by atoms with Crippen LogP contribution in [-0.4, -0.2) is 52.2 Å². The summed E-state index contributed by atoms with van der Waals surface area (Å²) in [5, 5.41) is 0. The first kappa shape index (κ1) is 29.3. The fourth-order valence-corrected chi connectivity index (χ4v) is 2.08. The molecule has 1 rings (SSSR count). The van der Waals surface area contributed by atoms with Gasteiger partial charge in [0.2, 0.25) is 5.75 Å². The zero-order chi connectivity index (χ0) is 26.3. The summed E-state index contributed by atoms with van der Waals surface area (Å²) < 4.78 is 23.1. The molecule has 0 aliphatic rings. The Hall–Kier alpha value is -2.73. The Labute approximate surface area is 213 Å². The SMILES string of the molecule is C=C(C)C(=O)OCCOC(=O)c1cc(OC=O)c(OC(=O)C(C)(C)Br)c(OC(=O)C(C)(C)Br)c1. The van der Waals surface area contributed by atoms with Crippen LogP contribution in [0.4, 0.5) is 0 Å². The molecule has 0 amide bonds. The van der Waals surface area contributed by atoms with Crippen LogP contribution in [0.25, 0.3) is 0 Å². The zero-order valence-electron chi connectivity index (χ0n) is 19.2. The second-order valence-electron chi connectivity index (χ2n) is 7.79. The molecule has 1 aromatic rings. The molecule has 0 atom stereocenters. The van der Waals surface area contributed by atoms with E-state index in [1.54, 1.807) is 0 Å². The highest BCUT2D eigenvalue weighted by atomic mass is 79.9. The highest BCUT2D eigenvalue weighted by molar-refractivity contribution is 9.10. The molecule has 34 heavy (non-hydrogen) atoms. The van der Waals surface area contributed by atoms with Crippen LogP contribution in [0, 0.1) is 0 Å². The number of hydrogen-bond donors (Lipinski definition) is 0. The van der Waals surface area contributed by atoms with E-state index in [4.69, 9.17) is 23.7 Å². The largest absolute Gasteiger partial charge is 0.459 e. The van der Waals surface area contributed by atoms with E-state index < -0.39 is 38.3 Å². The third-order valence-electron chi connectivity index (χ3n) is 3.70. The maximum Gasteiger partial charge on any atom is 0.338 e. The van der Waals surface area contributed by atoms with Crippen molar-refractivity contribution in [3.05, 3.63) is 29.8 Å². The van der Waals surface area contributed by atoms with Gasteiger partial charge in [0, 0.05) is 5.57 Å². The number of hydrogen-bond acceptors (Lipinski definition) is 10. The summed E-state index contributed by atoms with van der Waals surface area (Å²) in [5.41, 5.74) is -0.0175. The molecule has 0 aromatic heterocycles. The molecule has 0 aliphatic heterocycles. The van der Waals surface area contributed by atoms with Gasteiger partial charge in [0.25, 0.3) is 6.47 Å². The smallest absolute Gasteiger partial charge is 0.338 e. The van der Waals surface area contributed by atoms with Crippen molar-refractivity contribution < 1.29 is 47.7 Å². The number of ether oxygens (including phenoxy) is 5. The first-order valence-corrected chi connectivity index (χ1v) is 11.3. The summed E-state index contributed by atoms with van der Waals surface area (Å²) in [7, 11) is 0. The van der Waals surface area contributed by atoms with E-state index in [1.807, 2.05) is 0 Å². The van der Waals surface area contributed by atoms with Gasteiger partial charge in [0.1, 0.15) is 21.9 Å². The Kier molecular flexibility index (Phi) is 10.4. The topological polar surface area (TPSA) is 132 Å². The van der Waals surface area contributed by atoms with Gasteiger partial charge in [0.15, 0.2) is 11.5 Å². The van der Waals surface area contributed by atoms with Gasteiger partial charge < -0.3 is 23.7 Å². The highest BCUT2D eigenvalue weighted by Gasteiger charge is 2.32. The zero-order valence-corrected chi connectivity index (χ0v) is 22.4. The first-order chi connectivity index (χ1) is 15.6. The predicted molar refractivity (Wildman–Crippen MR) is 126 cm³/mol. The van der Waals surface area contributed by atoms with Crippen LogP contribution in [-0.2, 0) is 28.7 Å². The molecule has 0 aliphatic carbocycles. The summed E-state index contributed by atoms with van der Waals surface area (Å²) in [6, 6.07) is 2.15. The molecule has 1 aromatic carbocycles. The van der Waals surface area contributed by atoms with Gasteiger partial charge in [-0.2, -0.15) is 0 Å². The van der Waals surface area contributed by atoms with Gasteiger partial charge in [-0.1, -0.05) is 38.4 Å². The van der Waals surface area contributed by atoms with Gasteiger partial charge >= 0.3 is 23.9 Å². The Bertz CT molecular complexity index is 987. The minimum atomic E-state index is -1.14. The lowest BCUT2D eigenvalue weighted by Gasteiger charge is -2.20. The van der Waals surface area contributed by atoms with Crippen LogP contribution in [0.1, 0.15) is 45.0 Å². The number of esters is 4. The summed E-state index contributed by atoms with van der Waals surface area (Å²) >= 11 is 6.30. The molecule has 12 heteroatoms. The van der Waals surface area contributed by atoms with Crippen molar-refractivity contribution in [2.24, 2.45) is 0 Å². The van der Waals surface area contributed by atoms with E-state index >= 15 is 0 Å². The Morgan fingerprint density at radius 1 is 0.912 bits per heavy atom. The first-order valence-electron chi connectivity index (χ1n) is 9.68. The van der Waals surface area contributed by atoms with Crippen molar-refractivity contribution in [1.29, 1.82) is 0 Å². The number of alkyl halides is 2. The van der Waals surface area contributed by atoms with E-state index in [9.17, 15) is 24.0 Å². The molecule has 0 heterocycles. The van der Waals surface area contributed by atoms with Crippen molar-refractivity contribution in [1.82, 2.24) is 0 Å². The van der Waals surface area contributed by atoms with Gasteiger partial charge in [0.05, 0.1) is 5.56 Å². The number of carbonyl (C=O) groups excluding carboxylic acids is 5. The predicted octanol–water partition coefficient (Wildman–Crippen LogP) is 3.66. The Balaban J connectivity index is 3.33. The third-order valence-corrected chi connectivity index (χ3v) is 4.35. The van der Waals surface area contributed by atoms with Crippen LogP contribution < -0.4 is 14.2 Å². The monoisotopic (exact) mass is 606 g/mol. The van der Waals surface area contributed by atoms with Crippen molar-refractivity contribution in [2.75, 3.05) is 13.2 Å². The van der Waals surface area contributed by atoms with E-state index in [0.29, 0.717) is 0 Å². The molecule has 0 saturated heterocycles. The maximum absolute atomic E-state index is 12.5. The second kappa shape index (κ2) is 12.1. The molecule has 0 spiro atoms. The van der Waals surface area contributed by atoms with Crippen LogP contribution in [0.5, 0.6) is 17.2 Å². The fourth-order valence-electron chi connectivity index (χ4n) is 1.92. The molecule has 10 nitrogen and oxygen atoms in total. The third kappa shape index (κ3) is 8.90. The minimum Gasteiger partial charge on any atom is -0.459 e. The van der Waals surface area contributed by atoms with Crippen molar-refractivity contribution in [2.45, 2.75) is 43.3 Å². The summed E-state index contributed by atoms with van der Waals surface area (Å²) in [5.74, 6) is -4.31. The van der Waals surface area contributed by atoms with E-state index in [1.165, 1.54) is 34.6 Å². The minimum absolute atomic E-state index is 0.0398. The number of rotatable bonds is 11. The lowest BCUT2D eigenvalue weighted by Crippen LogP contribution is -2.31. The second-order valence-corrected chi connectivity index (χ2v) is 11.8. The standard InChI is InChI=1S/C22H24Br2O10/c1-12(2)17(26)30-7-8-31-18(27)13-9-14(32-11-25)16(34-20(29)22(5,6)24)15(10-13)33-19(28)21(3,4)23/h9-11H,1,7-8H2,2-6H3. The number of carbonyl (C=O) groups is 5. The molecule has 0 unspecified atom stereocenters. The molecule has 186 valence electrons. The summed E-state index contributed by atoms with van der Waals surface area (Å²) in [6.45, 7) is 10.4. The van der Waals surface area contributed by atoms with Crippen LogP contribution >= 0.6 is 31.9 Å². The van der Waals surface area contributed by atoms with Crippen LogP contribution in [0.3, 0.4) is 0 Å². The fraction of sp³-hybridized carbons (Fsp3) is 0.409. The molecule has 0 bridgehead atoms. The van der Waals surface area contributed by atoms with Gasteiger partial charge in [-0.15, -0.1) is 0 Å². The quantitative estimate of drug-likeness (QED) is 0.0917. The average Bonchev–Trinajstić information content (AvgIpc) is 2.71. The maximum atomic E-state index is 12.5. The van der Waals surface area contributed by atoms with Crippen molar-refractivity contribution in [3.8, 4) is 17.2 Å². The average molecular weight is 608 g/mol. The molecule has 0 radical (unpaired) electrons. The molecule has 0 fully saturated rings.